The zero-order valence-electron chi connectivity index (χ0n) is 40.9. The Morgan fingerprint density at radius 3 is 1.08 bits per heavy atom. The Balaban J connectivity index is 1.24. The summed E-state index contributed by atoms with van der Waals surface area (Å²) in [6.45, 7) is -2.79. The molecule has 0 saturated carbocycles. The zero-order valence-corrected chi connectivity index (χ0v) is 40.9. The molecule has 34 heteroatoms. The molecule has 0 radical (unpaired) electrons. The number of hydrogen-bond donors (Lipinski definition) is 20. The fourth-order valence-electron chi connectivity index (χ4n) is 9.73. The van der Waals surface area contributed by atoms with E-state index in [4.69, 9.17) is 52.1 Å². The molecule has 6 rings (SSSR count). The summed E-state index contributed by atoms with van der Waals surface area (Å²) in [5, 5.41) is 189. The van der Waals surface area contributed by atoms with Crippen molar-refractivity contribution in [3.63, 3.8) is 0 Å². The third-order valence-electron chi connectivity index (χ3n) is 13.6. The standard InChI is InChI=1S/C42H71N3O31/c1-10(52)43-19-25(58)33(73-40-21(45-12(3)54)35(23(56)14(5-47)67-40)75-41-30(63)27(60)22(55)13(4-46)68-41)18(9-51)70-38(19)72-32-17(8-50)71-39(20(26(32)59)44-11(2)53)76-36-24(57)15(6-48)69-42(31(36)64)74-34-16(7-49)66-37(65)29(62)28(34)61/h13-42,46-51,55-65H,4-9H2,1-3H3,(H,43,52)(H,44,53)(H,45,54)/t13-,14-,15-,16-,17-,18-,19-,20-,21-,22+,23+,24-,25-,26-,27+,28-,29-,30-,31+,32-,33+,34-,35-,36+,37-,38+,39+,40-,41+,42+/m1/s1. The summed E-state index contributed by atoms with van der Waals surface area (Å²) in [6.07, 6.45) is -50.6. The normalized spacial score (nSPS) is 48.2. The van der Waals surface area contributed by atoms with Crippen molar-refractivity contribution < 1.29 is 153 Å². The SMILES string of the molecule is CC(=O)N[C@H]1[C@H](O[C@H]2[C@H](O)[C@@H](NC(C)=O)[C@H](O[C@@H]3[C@H](O)[C@H](O[C@H]4[C@H](O)[C@@H](O)[C@H](O)O[C@@H]4CO)O[C@H](CO)[C@H]3O)O[C@@H]2CO)O[C@H](CO)[C@H](O[C@H]2O[C@H](CO)[C@H](O)[C@H](O[C@@H]3O[C@H](CO)[C@H](O)[C@H](O)[C@H]3O)[C@H]2NC(C)=O)[C@@H]1O. The molecule has 6 fully saturated rings. The van der Waals surface area contributed by atoms with Crippen molar-refractivity contribution in [3.8, 4) is 0 Å². The molecule has 0 unspecified atom stereocenters. The summed E-state index contributed by atoms with van der Waals surface area (Å²) in [5.41, 5.74) is 0. The molecule has 440 valence electrons. The Hall–Kier alpha value is -2.71. The molecule has 6 aliphatic heterocycles. The summed E-state index contributed by atoms with van der Waals surface area (Å²) < 4.78 is 63.4. The minimum absolute atomic E-state index is 0.820. The molecule has 0 aromatic rings. The van der Waals surface area contributed by atoms with Gasteiger partial charge in [-0.3, -0.25) is 14.4 Å². The highest BCUT2D eigenvalue weighted by molar-refractivity contribution is 5.74. The van der Waals surface area contributed by atoms with E-state index in [-0.39, 0.29) is 0 Å². The second kappa shape index (κ2) is 27.2. The quantitative estimate of drug-likeness (QED) is 0.0571. The van der Waals surface area contributed by atoms with E-state index in [1.54, 1.807) is 0 Å². The summed E-state index contributed by atoms with van der Waals surface area (Å²) in [4.78, 5) is 38.0. The predicted molar refractivity (Wildman–Crippen MR) is 234 cm³/mol. The van der Waals surface area contributed by atoms with E-state index in [0.717, 1.165) is 20.8 Å². The Labute approximate surface area is 431 Å². The maximum Gasteiger partial charge on any atom is 0.217 e. The van der Waals surface area contributed by atoms with Crippen molar-refractivity contribution in [1.82, 2.24) is 16.0 Å². The van der Waals surface area contributed by atoms with E-state index in [0.29, 0.717) is 0 Å². The van der Waals surface area contributed by atoms with Crippen LogP contribution in [0.3, 0.4) is 0 Å². The highest BCUT2D eigenvalue weighted by atomic mass is 16.8. The number of rotatable bonds is 19. The van der Waals surface area contributed by atoms with Crippen LogP contribution in [0.25, 0.3) is 0 Å². The molecule has 76 heavy (non-hydrogen) atoms. The molecule has 0 aromatic carbocycles. The van der Waals surface area contributed by atoms with Crippen molar-refractivity contribution in [3.05, 3.63) is 0 Å². The summed E-state index contributed by atoms with van der Waals surface area (Å²) in [5.74, 6) is -2.53. The fourth-order valence-corrected chi connectivity index (χ4v) is 9.73. The van der Waals surface area contributed by atoms with Gasteiger partial charge in [-0.05, 0) is 0 Å². The van der Waals surface area contributed by atoms with Crippen LogP contribution < -0.4 is 16.0 Å². The highest BCUT2D eigenvalue weighted by Crippen LogP contribution is 2.37. The van der Waals surface area contributed by atoms with Crippen LogP contribution in [0.1, 0.15) is 20.8 Å². The summed E-state index contributed by atoms with van der Waals surface area (Å²) in [7, 11) is 0. The van der Waals surface area contributed by atoms with E-state index in [1.807, 2.05) is 0 Å². The Bertz CT molecular complexity index is 1870. The van der Waals surface area contributed by atoms with Crippen molar-refractivity contribution in [2.24, 2.45) is 0 Å². The van der Waals surface area contributed by atoms with Gasteiger partial charge in [0.15, 0.2) is 37.7 Å². The molecule has 6 aliphatic rings. The van der Waals surface area contributed by atoms with Gasteiger partial charge >= 0.3 is 0 Å². The number of amides is 3. The molecule has 6 saturated heterocycles. The van der Waals surface area contributed by atoms with Gasteiger partial charge < -0.3 is 155 Å². The maximum absolute atomic E-state index is 12.7. The van der Waals surface area contributed by atoms with E-state index in [9.17, 15) is 101 Å². The van der Waals surface area contributed by atoms with Gasteiger partial charge in [-0.25, -0.2) is 0 Å². The lowest BCUT2D eigenvalue weighted by molar-refractivity contribution is -0.380. The molecular weight excluding hydrogens is 1040 g/mol. The molecule has 34 nitrogen and oxygen atoms in total. The van der Waals surface area contributed by atoms with Crippen LogP contribution in [-0.4, -0.2) is 328 Å². The maximum atomic E-state index is 12.7. The van der Waals surface area contributed by atoms with Crippen LogP contribution in [0.4, 0.5) is 0 Å². The van der Waals surface area contributed by atoms with Gasteiger partial charge in [0.2, 0.25) is 17.7 Å². The minimum Gasteiger partial charge on any atom is -0.394 e. The van der Waals surface area contributed by atoms with E-state index >= 15 is 0 Å². The monoisotopic (exact) mass is 1110 g/mol. The number of aliphatic hydroxyl groups excluding tert-OH is 17. The molecule has 0 spiro atoms. The highest BCUT2D eigenvalue weighted by Gasteiger charge is 2.58. The second-order valence-electron chi connectivity index (χ2n) is 19.0. The van der Waals surface area contributed by atoms with Crippen LogP contribution in [-0.2, 0) is 66.5 Å². The Morgan fingerprint density at radius 1 is 0.316 bits per heavy atom. The minimum atomic E-state index is -2.14. The van der Waals surface area contributed by atoms with Gasteiger partial charge in [0, 0.05) is 20.8 Å². The molecule has 20 N–H and O–H groups in total. The fraction of sp³-hybridized carbons (Fsp3) is 0.929. The number of ether oxygens (including phenoxy) is 11. The van der Waals surface area contributed by atoms with Gasteiger partial charge in [-0.1, -0.05) is 0 Å². The summed E-state index contributed by atoms with van der Waals surface area (Å²) >= 11 is 0. The van der Waals surface area contributed by atoms with Crippen molar-refractivity contribution >= 4 is 17.7 Å². The molecule has 0 aliphatic carbocycles. The topological polar surface area (TPSA) is 533 Å². The molecule has 0 aromatic heterocycles. The van der Waals surface area contributed by atoms with Crippen molar-refractivity contribution in [1.29, 1.82) is 0 Å². The number of carbonyl (C=O) groups is 3. The lowest BCUT2D eigenvalue weighted by Crippen LogP contribution is -2.72. The first-order valence-corrected chi connectivity index (χ1v) is 24.1. The Kier molecular flexibility index (Phi) is 22.3. The van der Waals surface area contributed by atoms with Crippen LogP contribution in [0, 0.1) is 0 Å². The number of hydrogen-bond acceptors (Lipinski definition) is 31. The number of aliphatic hydroxyl groups is 17. The van der Waals surface area contributed by atoms with E-state index in [1.165, 1.54) is 0 Å². The zero-order chi connectivity index (χ0) is 56.2. The summed E-state index contributed by atoms with van der Waals surface area (Å²) in [6, 6.07) is -5.26. The number of carbonyl (C=O) groups excluding carboxylic acids is 3. The third-order valence-corrected chi connectivity index (χ3v) is 13.6. The molecule has 3 amide bonds. The lowest BCUT2D eigenvalue weighted by Gasteiger charge is -2.51. The van der Waals surface area contributed by atoms with Crippen LogP contribution in [0.15, 0.2) is 0 Å². The number of nitrogens with one attached hydrogen (secondary N) is 3. The average Bonchev–Trinajstić information content (AvgIpc) is 3.38. The molecular formula is C42H71N3O31. The van der Waals surface area contributed by atoms with Crippen molar-refractivity contribution in [2.45, 2.75) is 205 Å². The largest absolute Gasteiger partial charge is 0.394 e. The first kappa shape index (κ1) is 62.5. The van der Waals surface area contributed by atoms with E-state index < -0.39 is 241 Å². The lowest BCUT2D eigenvalue weighted by atomic mass is 9.93. The third kappa shape index (κ3) is 13.5. The first-order valence-electron chi connectivity index (χ1n) is 24.1. The van der Waals surface area contributed by atoms with Gasteiger partial charge in [0.25, 0.3) is 0 Å². The smallest absolute Gasteiger partial charge is 0.217 e. The molecule has 6 heterocycles. The van der Waals surface area contributed by atoms with Crippen LogP contribution >= 0.6 is 0 Å². The van der Waals surface area contributed by atoms with Gasteiger partial charge in [0.05, 0.1) is 39.6 Å². The Morgan fingerprint density at radius 2 is 0.632 bits per heavy atom. The molecule has 30 atom stereocenters. The van der Waals surface area contributed by atoms with Gasteiger partial charge in [-0.15, -0.1) is 0 Å². The van der Waals surface area contributed by atoms with E-state index in [2.05, 4.69) is 16.0 Å². The van der Waals surface area contributed by atoms with Crippen molar-refractivity contribution in [2.75, 3.05) is 39.6 Å². The second-order valence-corrected chi connectivity index (χ2v) is 19.0. The predicted octanol–water partition coefficient (Wildman–Crippen LogP) is -13.7. The van der Waals surface area contributed by atoms with Crippen LogP contribution in [0.5, 0.6) is 0 Å². The first-order chi connectivity index (χ1) is 35.9. The molecule has 0 bridgehead atoms. The van der Waals surface area contributed by atoms with Crippen LogP contribution in [0.2, 0.25) is 0 Å². The van der Waals surface area contributed by atoms with Gasteiger partial charge in [-0.2, -0.15) is 0 Å². The van der Waals surface area contributed by atoms with Gasteiger partial charge in [0.1, 0.15) is 146 Å². The average molecular weight is 1110 g/mol.